The standard InChI is InChI=1S/C12H20N6O2S/c1-5-6-18-8-12(14-10(18)3)21(19,20)17(4)7-11-13-9(2)15-16-11/h8H,5-7H2,1-4H3,(H,13,15,16). The Morgan fingerprint density at radius 2 is 2.05 bits per heavy atom. The second-order valence-corrected chi connectivity index (χ2v) is 6.91. The van der Waals surface area contributed by atoms with E-state index in [0.29, 0.717) is 17.5 Å². The maximum Gasteiger partial charge on any atom is 0.262 e. The van der Waals surface area contributed by atoms with Gasteiger partial charge in [0.15, 0.2) is 10.9 Å². The molecule has 8 nitrogen and oxygen atoms in total. The van der Waals surface area contributed by atoms with Gasteiger partial charge in [-0.05, 0) is 20.3 Å². The summed E-state index contributed by atoms with van der Waals surface area (Å²) in [7, 11) is -2.15. The topological polar surface area (TPSA) is 96.8 Å². The van der Waals surface area contributed by atoms with Crippen LogP contribution in [0.2, 0.25) is 0 Å². The molecule has 0 aliphatic carbocycles. The average molecular weight is 312 g/mol. The molecule has 0 saturated heterocycles. The van der Waals surface area contributed by atoms with Crippen LogP contribution < -0.4 is 0 Å². The first-order chi connectivity index (χ1) is 9.84. The molecular weight excluding hydrogens is 292 g/mol. The van der Waals surface area contributed by atoms with Crippen molar-refractivity contribution in [2.75, 3.05) is 7.05 Å². The fourth-order valence-corrected chi connectivity index (χ4v) is 3.09. The number of imidazole rings is 1. The Morgan fingerprint density at radius 3 is 2.62 bits per heavy atom. The maximum atomic E-state index is 12.5. The van der Waals surface area contributed by atoms with Crippen LogP contribution >= 0.6 is 0 Å². The molecule has 0 bridgehead atoms. The van der Waals surface area contributed by atoms with Gasteiger partial charge in [-0.3, -0.25) is 5.10 Å². The van der Waals surface area contributed by atoms with E-state index in [-0.39, 0.29) is 11.6 Å². The van der Waals surface area contributed by atoms with Crippen molar-refractivity contribution in [2.24, 2.45) is 0 Å². The van der Waals surface area contributed by atoms with Gasteiger partial charge in [0.05, 0.1) is 6.54 Å². The zero-order chi connectivity index (χ0) is 15.6. The summed E-state index contributed by atoms with van der Waals surface area (Å²) in [4.78, 5) is 8.27. The SMILES string of the molecule is CCCn1cc(S(=O)(=O)N(C)Cc2n[nH]c(C)n2)nc1C. The number of nitrogens with zero attached hydrogens (tertiary/aromatic N) is 5. The molecule has 0 saturated carbocycles. The summed E-state index contributed by atoms with van der Waals surface area (Å²) in [5.41, 5.74) is 0. The molecule has 2 heterocycles. The molecule has 2 aromatic heterocycles. The Morgan fingerprint density at radius 1 is 1.33 bits per heavy atom. The van der Waals surface area contributed by atoms with Gasteiger partial charge >= 0.3 is 0 Å². The van der Waals surface area contributed by atoms with E-state index in [1.54, 1.807) is 20.0 Å². The minimum absolute atomic E-state index is 0.0585. The minimum atomic E-state index is -3.64. The van der Waals surface area contributed by atoms with Gasteiger partial charge < -0.3 is 4.57 Å². The maximum absolute atomic E-state index is 12.5. The number of hydrogen-bond donors (Lipinski definition) is 1. The van der Waals surface area contributed by atoms with Crippen molar-refractivity contribution in [1.29, 1.82) is 0 Å². The number of hydrogen-bond acceptors (Lipinski definition) is 5. The first-order valence-electron chi connectivity index (χ1n) is 6.72. The molecule has 1 N–H and O–H groups in total. The van der Waals surface area contributed by atoms with Gasteiger partial charge in [0.2, 0.25) is 0 Å². The largest absolute Gasteiger partial charge is 0.334 e. The molecule has 0 atom stereocenters. The lowest BCUT2D eigenvalue weighted by Crippen LogP contribution is -2.27. The normalized spacial score (nSPS) is 12.2. The zero-order valence-electron chi connectivity index (χ0n) is 12.7. The highest BCUT2D eigenvalue weighted by Gasteiger charge is 2.25. The van der Waals surface area contributed by atoms with Crippen molar-refractivity contribution < 1.29 is 8.42 Å². The number of sulfonamides is 1. The van der Waals surface area contributed by atoms with Crippen LogP contribution in [0.1, 0.15) is 30.8 Å². The van der Waals surface area contributed by atoms with E-state index in [1.165, 1.54) is 11.4 Å². The van der Waals surface area contributed by atoms with Crippen LogP contribution in [-0.2, 0) is 23.1 Å². The van der Waals surface area contributed by atoms with Crippen LogP contribution in [0.4, 0.5) is 0 Å². The van der Waals surface area contributed by atoms with Gasteiger partial charge in [0, 0.05) is 19.8 Å². The van der Waals surface area contributed by atoms with E-state index in [0.717, 1.165) is 13.0 Å². The van der Waals surface area contributed by atoms with E-state index < -0.39 is 10.0 Å². The van der Waals surface area contributed by atoms with E-state index in [9.17, 15) is 8.42 Å². The van der Waals surface area contributed by atoms with Crippen LogP contribution in [0, 0.1) is 13.8 Å². The lowest BCUT2D eigenvalue weighted by Gasteiger charge is -2.13. The molecule has 116 valence electrons. The lowest BCUT2D eigenvalue weighted by molar-refractivity contribution is 0.454. The Balaban J connectivity index is 2.22. The second kappa shape index (κ2) is 5.94. The molecule has 0 fully saturated rings. The van der Waals surface area contributed by atoms with Crippen molar-refractivity contribution in [3.8, 4) is 0 Å². The van der Waals surface area contributed by atoms with Gasteiger partial charge in [0.25, 0.3) is 10.0 Å². The predicted octanol–water partition coefficient (Wildman–Crippen LogP) is 0.849. The highest BCUT2D eigenvalue weighted by Crippen LogP contribution is 2.15. The third kappa shape index (κ3) is 3.30. The van der Waals surface area contributed by atoms with Crippen molar-refractivity contribution in [3.05, 3.63) is 23.7 Å². The van der Waals surface area contributed by atoms with E-state index in [4.69, 9.17) is 0 Å². The Labute approximate surface area is 124 Å². The molecule has 2 aromatic rings. The highest BCUT2D eigenvalue weighted by molar-refractivity contribution is 7.89. The Bertz CT molecular complexity index is 718. The number of aryl methyl sites for hydroxylation is 3. The predicted molar refractivity (Wildman–Crippen MR) is 77.0 cm³/mol. The fourth-order valence-electron chi connectivity index (χ4n) is 1.97. The monoisotopic (exact) mass is 312 g/mol. The molecule has 0 spiro atoms. The molecule has 0 radical (unpaired) electrons. The summed E-state index contributed by atoms with van der Waals surface area (Å²) in [5, 5.41) is 6.70. The van der Waals surface area contributed by atoms with Crippen molar-refractivity contribution in [3.63, 3.8) is 0 Å². The summed E-state index contributed by atoms with van der Waals surface area (Å²) >= 11 is 0. The second-order valence-electron chi connectivity index (χ2n) is 4.92. The van der Waals surface area contributed by atoms with Crippen molar-refractivity contribution in [2.45, 2.75) is 45.3 Å². The van der Waals surface area contributed by atoms with Crippen molar-refractivity contribution >= 4 is 10.0 Å². The molecular formula is C12H20N6O2S. The van der Waals surface area contributed by atoms with Crippen LogP contribution in [0.5, 0.6) is 0 Å². The summed E-state index contributed by atoms with van der Waals surface area (Å²) in [5.74, 6) is 1.78. The van der Waals surface area contributed by atoms with Crippen LogP contribution in [-0.4, -0.2) is 44.5 Å². The lowest BCUT2D eigenvalue weighted by atomic mass is 10.5. The molecule has 9 heteroatoms. The summed E-state index contributed by atoms with van der Waals surface area (Å²) in [6.07, 6.45) is 2.50. The third-order valence-corrected chi connectivity index (χ3v) is 4.78. The molecule has 21 heavy (non-hydrogen) atoms. The third-order valence-electron chi connectivity index (χ3n) is 3.10. The summed E-state index contributed by atoms with van der Waals surface area (Å²) in [6, 6.07) is 0. The number of aromatic amines is 1. The zero-order valence-corrected chi connectivity index (χ0v) is 13.5. The van der Waals surface area contributed by atoms with Gasteiger partial charge in [-0.25, -0.2) is 18.4 Å². The number of H-pyrrole nitrogens is 1. The Kier molecular flexibility index (Phi) is 4.43. The molecule has 0 aromatic carbocycles. The molecule has 0 aliphatic heterocycles. The summed E-state index contributed by atoms with van der Waals surface area (Å²) in [6.45, 7) is 6.45. The first kappa shape index (κ1) is 15.6. The highest BCUT2D eigenvalue weighted by atomic mass is 32.2. The van der Waals surface area contributed by atoms with Gasteiger partial charge in [-0.1, -0.05) is 6.92 Å². The fraction of sp³-hybridized carbons (Fsp3) is 0.583. The number of nitrogens with one attached hydrogen (secondary N) is 1. The van der Waals surface area contributed by atoms with Gasteiger partial charge in [-0.15, -0.1) is 0 Å². The smallest absolute Gasteiger partial charge is 0.262 e. The van der Waals surface area contributed by atoms with Crippen molar-refractivity contribution in [1.82, 2.24) is 29.0 Å². The quantitative estimate of drug-likeness (QED) is 0.853. The van der Waals surface area contributed by atoms with E-state index >= 15 is 0 Å². The van der Waals surface area contributed by atoms with Gasteiger partial charge in [0.1, 0.15) is 11.6 Å². The van der Waals surface area contributed by atoms with Gasteiger partial charge in [-0.2, -0.15) is 9.40 Å². The number of rotatable bonds is 6. The van der Waals surface area contributed by atoms with Crippen LogP contribution in [0.15, 0.2) is 11.2 Å². The number of aromatic nitrogens is 5. The molecule has 0 unspecified atom stereocenters. The average Bonchev–Trinajstić information content (AvgIpc) is 2.97. The van der Waals surface area contributed by atoms with E-state index in [2.05, 4.69) is 20.2 Å². The Hall–Kier alpha value is -1.74. The van der Waals surface area contributed by atoms with Crippen LogP contribution in [0.25, 0.3) is 0 Å². The molecule has 2 rings (SSSR count). The van der Waals surface area contributed by atoms with Crippen LogP contribution in [0.3, 0.4) is 0 Å². The summed E-state index contributed by atoms with van der Waals surface area (Å²) < 4.78 is 28.0. The van der Waals surface area contributed by atoms with E-state index in [1.807, 2.05) is 11.5 Å². The minimum Gasteiger partial charge on any atom is -0.334 e. The molecule has 0 aliphatic rings. The first-order valence-corrected chi connectivity index (χ1v) is 8.16. The molecule has 0 amide bonds.